The van der Waals surface area contributed by atoms with Crippen LogP contribution in [0.3, 0.4) is 0 Å². The Morgan fingerprint density at radius 2 is 1.96 bits per heavy atom. The summed E-state index contributed by atoms with van der Waals surface area (Å²) in [5, 5.41) is 2.97. The van der Waals surface area contributed by atoms with Crippen LogP contribution in [-0.4, -0.2) is 68.8 Å². The SMILES string of the molecule is CC(C)Oc1ccc(N2CC(C(=O)NCCN3CCOCC3)CC2=O)cc1. The van der Waals surface area contributed by atoms with Crippen molar-refractivity contribution in [1.82, 2.24) is 10.2 Å². The van der Waals surface area contributed by atoms with Gasteiger partial charge in [-0.2, -0.15) is 0 Å². The van der Waals surface area contributed by atoms with Crippen LogP contribution in [0.2, 0.25) is 0 Å². The van der Waals surface area contributed by atoms with E-state index in [-0.39, 0.29) is 30.3 Å². The minimum absolute atomic E-state index is 0.0131. The third-order valence-electron chi connectivity index (χ3n) is 4.85. The lowest BCUT2D eigenvalue weighted by molar-refractivity contribution is -0.126. The van der Waals surface area contributed by atoms with Crippen LogP contribution in [0.5, 0.6) is 5.75 Å². The standard InChI is InChI=1S/C20H29N3O4/c1-15(2)27-18-5-3-17(4-6-18)23-14-16(13-19(23)24)20(25)21-7-8-22-9-11-26-12-10-22/h3-6,15-16H,7-14H2,1-2H3,(H,21,25). The molecular weight excluding hydrogens is 346 g/mol. The zero-order chi connectivity index (χ0) is 19.2. The van der Waals surface area contributed by atoms with Gasteiger partial charge in [0, 0.05) is 44.8 Å². The molecular formula is C20H29N3O4. The first-order valence-corrected chi connectivity index (χ1v) is 9.68. The van der Waals surface area contributed by atoms with Crippen LogP contribution in [0.25, 0.3) is 0 Å². The van der Waals surface area contributed by atoms with E-state index in [9.17, 15) is 9.59 Å². The van der Waals surface area contributed by atoms with Gasteiger partial charge in [-0.15, -0.1) is 0 Å². The lowest BCUT2D eigenvalue weighted by Gasteiger charge is -2.26. The lowest BCUT2D eigenvalue weighted by atomic mass is 10.1. The first-order chi connectivity index (χ1) is 13.0. The molecule has 1 atom stereocenters. The molecule has 1 aromatic carbocycles. The number of benzene rings is 1. The van der Waals surface area contributed by atoms with Crippen molar-refractivity contribution in [1.29, 1.82) is 0 Å². The fourth-order valence-corrected chi connectivity index (χ4v) is 3.42. The maximum Gasteiger partial charge on any atom is 0.227 e. The van der Waals surface area contributed by atoms with Crippen molar-refractivity contribution in [3.8, 4) is 5.75 Å². The minimum Gasteiger partial charge on any atom is -0.491 e. The van der Waals surface area contributed by atoms with E-state index in [0.29, 0.717) is 13.1 Å². The number of nitrogens with one attached hydrogen (secondary N) is 1. The fourth-order valence-electron chi connectivity index (χ4n) is 3.42. The van der Waals surface area contributed by atoms with Crippen molar-refractivity contribution in [2.75, 3.05) is 50.8 Å². The zero-order valence-corrected chi connectivity index (χ0v) is 16.1. The number of hydrogen-bond acceptors (Lipinski definition) is 5. The normalized spacial score (nSPS) is 20.9. The summed E-state index contributed by atoms with van der Waals surface area (Å²) < 4.78 is 11.0. The van der Waals surface area contributed by atoms with Crippen LogP contribution < -0.4 is 15.0 Å². The number of hydrogen-bond donors (Lipinski definition) is 1. The van der Waals surface area contributed by atoms with Gasteiger partial charge in [-0.3, -0.25) is 14.5 Å². The van der Waals surface area contributed by atoms with E-state index in [0.717, 1.165) is 44.3 Å². The summed E-state index contributed by atoms with van der Waals surface area (Å²) >= 11 is 0. The molecule has 1 unspecified atom stereocenters. The highest BCUT2D eigenvalue weighted by Gasteiger charge is 2.35. The van der Waals surface area contributed by atoms with E-state index in [1.165, 1.54) is 0 Å². The van der Waals surface area contributed by atoms with Crippen LogP contribution >= 0.6 is 0 Å². The third-order valence-corrected chi connectivity index (χ3v) is 4.85. The molecule has 0 aromatic heterocycles. The second kappa shape index (κ2) is 9.19. The van der Waals surface area contributed by atoms with Crippen molar-refractivity contribution in [2.45, 2.75) is 26.4 Å². The predicted molar refractivity (Wildman–Crippen MR) is 103 cm³/mol. The Morgan fingerprint density at radius 1 is 1.26 bits per heavy atom. The minimum atomic E-state index is -0.297. The average molecular weight is 375 g/mol. The molecule has 0 bridgehead atoms. The second-order valence-corrected chi connectivity index (χ2v) is 7.31. The first kappa shape index (κ1) is 19.6. The predicted octanol–water partition coefficient (Wildman–Crippen LogP) is 1.28. The quantitative estimate of drug-likeness (QED) is 0.777. The molecule has 0 spiro atoms. The number of rotatable bonds is 7. The van der Waals surface area contributed by atoms with Crippen molar-refractivity contribution >= 4 is 17.5 Å². The Morgan fingerprint density at radius 3 is 2.63 bits per heavy atom. The Hall–Kier alpha value is -2.12. The van der Waals surface area contributed by atoms with E-state index in [4.69, 9.17) is 9.47 Å². The van der Waals surface area contributed by atoms with Crippen LogP contribution in [0.4, 0.5) is 5.69 Å². The molecule has 0 saturated carbocycles. The number of ether oxygens (including phenoxy) is 2. The van der Waals surface area contributed by atoms with Crippen molar-refractivity contribution < 1.29 is 19.1 Å². The van der Waals surface area contributed by atoms with Crippen molar-refractivity contribution in [3.63, 3.8) is 0 Å². The number of carbonyl (C=O) groups excluding carboxylic acids is 2. The van der Waals surface area contributed by atoms with Crippen molar-refractivity contribution in [2.24, 2.45) is 5.92 Å². The van der Waals surface area contributed by atoms with E-state index < -0.39 is 0 Å². The van der Waals surface area contributed by atoms with Gasteiger partial charge in [-0.1, -0.05) is 0 Å². The highest BCUT2D eigenvalue weighted by molar-refractivity contribution is 6.00. The molecule has 27 heavy (non-hydrogen) atoms. The van der Waals surface area contributed by atoms with Gasteiger partial charge in [0.15, 0.2) is 0 Å². The lowest BCUT2D eigenvalue weighted by Crippen LogP contribution is -2.42. The number of anilines is 1. The second-order valence-electron chi connectivity index (χ2n) is 7.31. The van der Waals surface area contributed by atoms with Gasteiger partial charge in [0.05, 0.1) is 25.2 Å². The van der Waals surface area contributed by atoms with E-state index in [1.54, 1.807) is 4.90 Å². The van der Waals surface area contributed by atoms with Gasteiger partial charge in [0.1, 0.15) is 5.75 Å². The molecule has 1 aromatic rings. The van der Waals surface area contributed by atoms with Gasteiger partial charge >= 0.3 is 0 Å². The van der Waals surface area contributed by atoms with E-state index in [1.807, 2.05) is 38.1 Å². The number of nitrogens with zero attached hydrogens (tertiary/aromatic N) is 2. The third kappa shape index (κ3) is 5.43. The molecule has 148 valence electrons. The van der Waals surface area contributed by atoms with Crippen LogP contribution in [0, 0.1) is 5.92 Å². The molecule has 2 amide bonds. The van der Waals surface area contributed by atoms with E-state index in [2.05, 4.69) is 10.2 Å². The highest BCUT2D eigenvalue weighted by Crippen LogP contribution is 2.27. The molecule has 7 heteroatoms. The number of morpholine rings is 1. The molecule has 1 N–H and O–H groups in total. The zero-order valence-electron chi connectivity index (χ0n) is 16.1. The smallest absolute Gasteiger partial charge is 0.227 e. The summed E-state index contributed by atoms with van der Waals surface area (Å²) in [6.07, 6.45) is 0.364. The van der Waals surface area contributed by atoms with Crippen LogP contribution in [-0.2, 0) is 14.3 Å². The first-order valence-electron chi connectivity index (χ1n) is 9.68. The molecule has 2 heterocycles. The molecule has 7 nitrogen and oxygen atoms in total. The number of carbonyl (C=O) groups is 2. The molecule has 3 rings (SSSR count). The average Bonchev–Trinajstić information content (AvgIpc) is 3.04. The summed E-state index contributed by atoms with van der Waals surface area (Å²) in [5.41, 5.74) is 0.805. The Labute approximate surface area is 160 Å². The summed E-state index contributed by atoms with van der Waals surface area (Å²) in [7, 11) is 0. The monoisotopic (exact) mass is 375 g/mol. The maximum absolute atomic E-state index is 12.4. The van der Waals surface area contributed by atoms with Gasteiger partial charge in [-0.25, -0.2) is 0 Å². The Kier molecular flexibility index (Phi) is 6.68. The molecule has 2 saturated heterocycles. The Balaban J connectivity index is 1.48. The van der Waals surface area contributed by atoms with E-state index >= 15 is 0 Å². The number of amides is 2. The van der Waals surface area contributed by atoms with Gasteiger partial charge in [0.25, 0.3) is 0 Å². The van der Waals surface area contributed by atoms with Gasteiger partial charge in [-0.05, 0) is 38.1 Å². The molecule has 2 fully saturated rings. The summed E-state index contributed by atoms with van der Waals surface area (Å²) in [6.45, 7) is 9.10. The summed E-state index contributed by atoms with van der Waals surface area (Å²) in [6, 6.07) is 7.46. The topological polar surface area (TPSA) is 71.1 Å². The molecule has 0 radical (unpaired) electrons. The largest absolute Gasteiger partial charge is 0.491 e. The molecule has 2 aliphatic heterocycles. The van der Waals surface area contributed by atoms with Gasteiger partial charge in [0.2, 0.25) is 11.8 Å². The van der Waals surface area contributed by atoms with Crippen LogP contribution in [0.15, 0.2) is 24.3 Å². The van der Waals surface area contributed by atoms with Gasteiger partial charge < -0.3 is 19.7 Å². The highest BCUT2D eigenvalue weighted by atomic mass is 16.5. The fraction of sp³-hybridized carbons (Fsp3) is 0.600. The molecule has 2 aliphatic rings. The maximum atomic E-state index is 12.4. The summed E-state index contributed by atoms with van der Waals surface area (Å²) in [5.74, 6) is 0.423. The molecule has 0 aliphatic carbocycles. The van der Waals surface area contributed by atoms with Crippen molar-refractivity contribution in [3.05, 3.63) is 24.3 Å². The van der Waals surface area contributed by atoms with Crippen LogP contribution in [0.1, 0.15) is 20.3 Å². The Bertz CT molecular complexity index is 641. The summed E-state index contributed by atoms with van der Waals surface area (Å²) in [4.78, 5) is 28.8.